The summed E-state index contributed by atoms with van der Waals surface area (Å²) in [5.74, 6) is 1.39. The number of fused-ring (bicyclic) bond motifs is 1. The Hall–Kier alpha value is -2.30. The maximum Gasteiger partial charge on any atom is 0.103 e. The summed E-state index contributed by atoms with van der Waals surface area (Å²) in [5, 5.41) is 5.68. The minimum Gasteiger partial charge on any atom is -0.363 e. The first-order valence-corrected chi connectivity index (χ1v) is 9.50. The molecule has 5 heteroatoms. The molecule has 0 spiro atoms. The van der Waals surface area contributed by atoms with Crippen LogP contribution in [0.5, 0.6) is 0 Å². The van der Waals surface area contributed by atoms with E-state index in [4.69, 9.17) is 9.98 Å². The Kier molecular flexibility index (Phi) is 4.25. The minimum atomic E-state index is 0.00318. The summed E-state index contributed by atoms with van der Waals surface area (Å²) in [5.41, 5.74) is 2.35. The highest BCUT2D eigenvalue weighted by molar-refractivity contribution is 6.00. The molecule has 0 amide bonds. The fraction of sp³-hybridized carbons (Fsp3) is 0.524. The van der Waals surface area contributed by atoms with Gasteiger partial charge in [-0.1, -0.05) is 39.0 Å². The summed E-state index contributed by atoms with van der Waals surface area (Å²) in [6, 6.07) is 0.320. The number of hydrogen-bond acceptors (Lipinski definition) is 5. The third-order valence-corrected chi connectivity index (χ3v) is 5.29. The summed E-state index contributed by atoms with van der Waals surface area (Å²) >= 11 is 0. The van der Waals surface area contributed by atoms with Gasteiger partial charge in [0, 0.05) is 35.1 Å². The molecule has 1 N–H and O–H groups in total. The van der Waals surface area contributed by atoms with Gasteiger partial charge < -0.3 is 5.32 Å². The topological polar surface area (TPSA) is 62.5 Å². The van der Waals surface area contributed by atoms with Gasteiger partial charge in [0.15, 0.2) is 0 Å². The lowest BCUT2D eigenvalue weighted by atomic mass is 9.85. The van der Waals surface area contributed by atoms with E-state index in [1.807, 2.05) is 0 Å². The van der Waals surface area contributed by atoms with E-state index in [9.17, 15) is 0 Å². The highest BCUT2D eigenvalue weighted by atomic mass is 15.2. The van der Waals surface area contributed by atoms with Gasteiger partial charge in [-0.15, -0.1) is 0 Å². The molecule has 1 aromatic rings. The molecule has 1 aliphatic carbocycles. The standard InChI is InChI=1S/C21H27N5/c1-13-6-5-7-16(24-13)19-18(25-20(26-19)21(2,3)4)14-8-9-15-17(12-14)23-11-10-22-15/h6,9-12,14,18-19H,5,7-8H2,1-4H3,(H,25,26). The lowest BCUT2D eigenvalue weighted by Gasteiger charge is -2.28. The van der Waals surface area contributed by atoms with Crippen LogP contribution in [0.25, 0.3) is 12.2 Å². The third kappa shape index (κ3) is 3.22. The Labute approximate surface area is 154 Å². The van der Waals surface area contributed by atoms with Crippen molar-refractivity contribution in [2.75, 3.05) is 0 Å². The normalized spacial score (nSPS) is 28.0. The number of aromatic nitrogens is 2. The number of nitrogens with one attached hydrogen (secondary N) is 1. The smallest absolute Gasteiger partial charge is 0.103 e. The molecule has 0 radical (unpaired) electrons. The van der Waals surface area contributed by atoms with Gasteiger partial charge in [0.1, 0.15) is 5.84 Å². The maximum atomic E-state index is 5.14. The van der Waals surface area contributed by atoms with Crippen LogP contribution >= 0.6 is 0 Å². The lowest BCUT2D eigenvalue weighted by molar-refractivity contribution is 0.506. The van der Waals surface area contributed by atoms with Crippen molar-refractivity contribution in [1.82, 2.24) is 15.3 Å². The minimum absolute atomic E-state index is 0.00318. The van der Waals surface area contributed by atoms with Crippen LogP contribution in [0.15, 0.2) is 34.2 Å². The first-order valence-electron chi connectivity index (χ1n) is 9.50. The molecule has 3 heterocycles. The van der Waals surface area contributed by atoms with Crippen molar-refractivity contribution in [1.29, 1.82) is 0 Å². The molecule has 3 unspecified atom stereocenters. The number of aliphatic imine (C=N–C) groups is 2. The SMILES string of the molecule is CC1=CCCC(C2NC(C(C)(C)C)=NC2C2C=c3nccnc3=CC2)=N1. The summed E-state index contributed by atoms with van der Waals surface area (Å²) < 4.78 is 0. The van der Waals surface area contributed by atoms with Gasteiger partial charge in [-0.2, -0.15) is 0 Å². The molecule has 4 rings (SSSR count). The van der Waals surface area contributed by atoms with Gasteiger partial charge in [-0.3, -0.25) is 20.0 Å². The van der Waals surface area contributed by atoms with Crippen LogP contribution in [0, 0.1) is 11.3 Å². The molecule has 0 saturated carbocycles. The quantitative estimate of drug-likeness (QED) is 0.888. The van der Waals surface area contributed by atoms with Gasteiger partial charge >= 0.3 is 0 Å². The number of rotatable bonds is 2. The number of hydrogen-bond donors (Lipinski definition) is 1. The molecule has 3 atom stereocenters. The fourth-order valence-corrected chi connectivity index (χ4v) is 3.91. The molecule has 0 saturated heterocycles. The van der Waals surface area contributed by atoms with Crippen molar-refractivity contribution < 1.29 is 0 Å². The number of allylic oxidation sites excluding steroid dienone is 2. The van der Waals surface area contributed by atoms with Crippen molar-refractivity contribution in [3.63, 3.8) is 0 Å². The molecule has 5 nitrogen and oxygen atoms in total. The fourth-order valence-electron chi connectivity index (χ4n) is 3.91. The van der Waals surface area contributed by atoms with E-state index in [0.29, 0.717) is 5.92 Å². The first kappa shape index (κ1) is 17.1. The summed E-state index contributed by atoms with van der Waals surface area (Å²) in [4.78, 5) is 18.9. The predicted molar refractivity (Wildman–Crippen MR) is 106 cm³/mol. The Bertz CT molecular complexity index is 916. The van der Waals surface area contributed by atoms with Gasteiger partial charge in [-0.05, 0) is 26.2 Å². The van der Waals surface area contributed by atoms with Crippen LogP contribution in [-0.4, -0.2) is 33.6 Å². The summed E-state index contributed by atoms with van der Waals surface area (Å²) in [6.07, 6.45) is 13.2. The van der Waals surface area contributed by atoms with Crippen LogP contribution in [0.3, 0.4) is 0 Å². The first-order chi connectivity index (χ1) is 12.4. The van der Waals surface area contributed by atoms with Gasteiger partial charge in [0.2, 0.25) is 0 Å². The highest BCUT2D eigenvalue weighted by Gasteiger charge is 2.40. The Morgan fingerprint density at radius 2 is 1.85 bits per heavy atom. The zero-order valence-corrected chi connectivity index (χ0v) is 16.0. The maximum absolute atomic E-state index is 5.14. The van der Waals surface area contributed by atoms with E-state index in [1.165, 1.54) is 5.71 Å². The molecule has 2 aliphatic heterocycles. The molecule has 26 heavy (non-hydrogen) atoms. The van der Waals surface area contributed by atoms with E-state index in [0.717, 1.165) is 41.5 Å². The van der Waals surface area contributed by atoms with E-state index >= 15 is 0 Å². The van der Waals surface area contributed by atoms with Crippen molar-refractivity contribution in [2.45, 2.75) is 59.0 Å². The van der Waals surface area contributed by atoms with Crippen LogP contribution in [0.2, 0.25) is 0 Å². The van der Waals surface area contributed by atoms with Crippen molar-refractivity contribution >= 4 is 23.7 Å². The molecular formula is C21H27N5. The second-order valence-electron chi connectivity index (χ2n) is 8.42. The second kappa shape index (κ2) is 6.45. The molecule has 0 bridgehead atoms. The van der Waals surface area contributed by atoms with Crippen LogP contribution in [0.4, 0.5) is 0 Å². The van der Waals surface area contributed by atoms with Crippen LogP contribution in [-0.2, 0) is 0 Å². The van der Waals surface area contributed by atoms with Gasteiger partial charge in [0.05, 0.1) is 22.8 Å². The van der Waals surface area contributed by atoms with Gasteiger partial charge in [-0.25, -0.2) is 0 Å². The van der Waals surface area contributed by atoms with Crippen molar-refractivity contribution in [2.24, 2.45) is 21.3 Å². The zero-order chi connectivity index (χ0) is 18.3. The molecule has 136 valence electrons. The molecular weight excluding hydrogens is 322 g/mol. The van der Waals surface area contributed by atoms with E-state index < -0.39 is 0 Å². The molecule has 3 aliphatic rings. The van der Waals surface area contributed by atoms with Crippen molar-refractivity contribution in [3.05, 3.63) is 34.9 Å². The third-order valence-electron chi connectivity index (χ3n) is 5.29. The molecule has 0 fully saturated rings. The van der Waals surface area contributed by atoms with Gasteiger partial charge in [0.25, 0.3) is 0 Å². The summed E-state index contributed by atoms with van der Waals surface area (Å²) in [7, 11) is 0. The predicted octanol–water partition coefficient (Wildman–Crippen LogP) is 1.98. The largest absolute Gasteiger partial charge is 0.363 e. The Morgan fingerprint density at radius 1 is 1.08 bits per heavy atom. The average molecular weight is 349 g/mol. The number of amidine groups is 1. The van der Waals surface area contributed by atoms with Crippen molar-refractivity contribution in [3.8, 4) is 0 Å². The molecule has 0 aromatic carbocycles. The average Bonchev–Trinajstić information content (AvgIpc) is 3.07. The van der Waals surface area contributed by atoms with E-state index in [-0.39, 0.29) is 17.5 Å². The second-order valence-corrected chi connectivity index (χ2v) is 8.42. The molecule has 1 aromatic heterocycles. The summed E-state index contributed by atoms with van der Waals surface area (Å²) in [6.45, 7) is 8.72. The van der Waals surface area contributed by atoms with Crippen LogP contribution in [0.1, 0.15) is 47.0 Å². The van der Waals surface area contributed by atoms with E-state index in [2.05, 4.69) is 61.2 Å². The number of nitrogens with zero attached hydrogens (tertiary/aromatic N) is 4. The monoisotopic (exact) mass is 349 g/mol. The highest BCUT2D eigenvalue weighted by Crippen LogP contribution is 2.30. The van der Waals surface area contributed by atoms with E-state index in [1.54, 1.807) is 12.4 Å². The lowest BCUT2D eigenvalue weighted by Crippen LogP contribution is -2.47. The Morgan fingerprint density at radius 3 is 2.58 bits per heavy atom. The Balaban J connectivity index is 1.72. The zero-order valence-electron chi connectivity index (χ0n) is 16.0. The van der Waals surface area contributed by atoms with Crippen LogP contribution < -0.4 is 16.0 Å².